The zero-order valence-electron chi connectivity index (χ0n) is 35.8. The summed E-state index contributed by atoms with van der Waals surface area (Å²) < 4.78 is 58.8. The van der Waals surface area contributed by atoms with E-state index in [-0.39, 0.29) is 30.2 Å². The van der Waals surface area contributed by atoms with E-state index in [1.807, 2.05) is 24.3 Å². The predicted octanol–water partition coefficient (Wildman–Crippen LogP) is 4.74. The van der Waals surface area contributed by atoms with Crippen molar-refractivity contribution in [3.63, 3.8) is 0 Å². The largest absolute Gasteiger partial charge is 0.487 e. The third kappa shape index (κ3) is 9.89. The van der Waals surface area contributed by atoms with Crippen LogP contribution in [0.5, 0.6) is 11.5 Å². The molecule has 5 unspecified atom stereocenters. The number of aryl methyl sites for hydroxylation is 1. The Hall–Kier alpha value is -5.01. The van der Waals surface area contributed by atoms with Crippen LogP contribution in [-0.2, 0) is 20.5 Å². The van der Waals surface area contributed by atoms with E-state index in [1.54, 1.807) is 27.0 Å². The molecule has 5 aliphatic rings. The minimum Gasteiger partial charge on any atom is -0.487 e. The zero-order valence-corrected chi connectivity index (χ0v) is 35.8. The molecule has 1 aliphatic carbocycles. The monoisotopic (exact) mass is 878 g/mol. The number of benzene rings is 2. The number of ether oxygens (including phenoxy) is 3. The van der Waals surface area contributed by atoms with Crippen LogP contribution in [0.3, 0.4) is 0 Å². The van der Waals surface area contributed by atoms with Gasteiger partial charge in [-0.1, -0.05) is 6.08 Å². The standard InChI is InChI=1S/C45H57F3N8O7/c1-25(28-18-29(45(46,47)48)20-30(49)19-28)50-41-35-22-38(62-17-16-61-3)39(23-36(35)51-26(2)52-41)63-32-10-12-54(13-11-32)24-27-8-14-55(15-9-27)31-4-5-33-34(21-31)44(60)56(43(33)59)37-6-7-40(57)53-42(37)58/h4-5,18-23,25,27,32-34,37,40,42,53,57-58H,6-17,24,49H2,1-3H3,(H,50,51,52)/t25-,33?,34?,37?,40?,42?/m1/s1. The van der Waals surface area contributed by atoms with Gasteiger partial charge < -0.3 is 45.3 Å². The van der Waals surface area contributed by atoms with Gasteiger partial charge in [-0.15, -0.1) is 0 Å². The number of fused-ring (bicyclic) bond motifs is 2. The summed E-state index contributed by atoms with van der Waals surface area (Å²) in [6.45, 7) is 8.55. The number of carbonyl (C=O) groups excluding carboxylic acids is 2. The predicted molar refractivity (Wildman–Crippen MR) is 228 cm³/mol. The number of nitrogens with zero attached hydrogens (tertiary/aromatic N) is 5. The molecule has 2 aromatic carbocycles. The van der Waals surface area contributed by atoms with Crippen LogP contribution >= 0.6 is 0 Å². The molecule has 15 nitrogen and oxygen atoms in total. The number of imide groups is 1. The topological polar surface area (TPSA) is 188 Å². The minimum atomic E-state index is -4.54. The third-order valence-corrected chi connectivity index (χ3v) is 13.0. The molecule has 3 aromatic rings. The molecule has 2 amide bonds. The summed E-state index contributed by atoms with van der Waals surface area (Å²) in [7, 11) is 1.59. The Kier molecular flexibility index (Phi) is 13.2. The number of aliphatic hydroxyl groups is 2. The highest BCUT2D eigenvalue weighted by molar-refractivity contribution is 6.07. The molecule has 0 spiro atoms. The number of halogens is 3. The molecule has 5 heterocycles. The average Bonchev–Trinajstić information content (AvgIpc) is 3.49. The van der Waals surface area contributed by atoms with Gasteiger partial charge in [-0.05, 0) is 100 Å². The van der Waals surface area contributed by atoms with Crippen molar-refractivity contribution in [3.8, 4) is 11.5 Å². The van der Waals surface area contributed by atoms with Crippen molar-refractivity contribution in [2.24, 2.45) is 17.8 Å². The number of carbonyl (C=O) groups is 2. The summed E-state index contributed by atoms with van der Waals surface area (Å²) in [6.07, 6.45) is 3.40. The number of amides is 2. The van der Waals surface area contributed by atoms with Gasteiger partial charge in [0.05, 0.1) is 41.6 Å². The molecule has 6 N–H and O–H groups in total. The van der Waals surface area contributed by atoms with Crippen molar-refractivity contribution in [3.05, 3.63) is 71.2 Å². The second kappa shape index (κ2) is 18.6. The number of alkyl halides is 3. The van der Waals surface area contributed by atoms with Gasteiger partial charge in [0, 0.05) is 62.7 Å². The molecule has 63 heavy (non-hydrogen) atoms. The fourth-order valence-corrected chi connectivity index (χ4v) is 9.55. The summed E-state index contributed by atoms with van der Waals surface area (Å²) in [5.74, 6) is 0.693. The Labute approximate surface area is 364 Å². The van der Waals surface area contributed by atoms with Crippen molar-refractivity contribution >= 4 is 34.2 Å². The van der Waals surface area contributed by atoms with E-state index in [2.05, 4.69) is 30.4 Å². The fraction of sp³-hybridized carbons (Fsp3) is 0.556. The van der Waals surface area contributed by atoms with E-state index in [0.29, 0.717) is 65.0 Å². The van der Waals surface area contributed by atoms with Crippen molar-refractivity contribution < 1.29 is 47.2 Å². The van der Waals surface area contributed by atoms with Crippen molar-refractivity contribution in [2.45, 2.75) is 89.2 Å². The van der Waals surface area contributed by atoms with Gasteiger partial charge in [-0.2, -0.15) is 13.2 Å². The number of nitrogens with one attached hydrogen (secondary N) is 2. The highest BCUT2D eigenvalue weighted by Crippen LogP contribution is 2.40. The number of likely N-dealkylation sites (tertiary alicyclic amines) is 3. The van der Waals surface area contributed by atoms with Gasteiger partial charge in [-0.25, -0.2) is 9.97 Å². The Morgan fingerprint density at radius 3 is 2.40 bits per heavy atom. The molecule has 4 saturated heterocycles. The van der Waals surface area contributed by atoms with Gasteiger partial charge in [0.1, 0.15) is 36.8 Å². The lowest BCUT2D eigenvalue weighted by Crippen LogP contribution is -2.58. The van der Waals surface area contributed by atoms with Gasteiger partial charge >= 0.3 is 6.18 Å². The van der Waals surface area contributed by atoms with Crippen LogP contribution in [0.4, 0.5) is 24.7 Å². The first-order chi connectivity index (χ1) is 30.1. The normalized spacial score (nSPS) is 25.7. The van der Waals surface area contributed by atoms with Crippen molar-refractivity contribution in [2.75, 3.05) is 64.1 Å². The van der Waals surface area contributed by atoms with Gasteiger partial charge in [0.25, 0.3) is 0 Å². The lowest BCUT2D eigenvalue weighted by Gasteiger charge is -2.39. The number of piperidine rings is 3. The average molecular weight is 879 g/mol. The molecule has 4 aliphatic heterocycles. The number of nitrogens with two attached hydrogens (primary N) is 1. The second-order valence-electron chi connectivity index (χ2n) is 17.4. The first-order valence-electron chi connectivity index (χ1n) is 21.9. The van der Waals surface area contributed by atoms with Crippen molar-refractivity contribution in [1.82, 2.24) is 30.0 Å². The molecular weight excluding hydrogens is 822 g/mol. The van der Waals surface area contributed by atoms with Crippen LogP contribution < -0.4 is 25.8 Å². The smallest absolute Gasteiger partial charge is 0.416 e. The van der Waals surface area contributed by atoms with E-state index in [4.69, 9.17) is 19.9 Å². The Bertz CT molecular complexity index is 2230. The van der Waals surface area contributed by atoms with Crippen LogP contribution in [0.25, 0.3) is 10.9 Å². The van der Waals surface area contributed by atoms with Crippen LogP contribution in [0.15, 0.2) is 54.3 Å². The second-order valence-corrected chi connectivity index (χ2v) is 17.4. The molecule has 0 radical (unpaired) electrons. The summed E-state index contributed by atoms with van der Waals surface area (Å²) >= 11 is 0. The molecule has 340 valence electrons. The minimum absolute atomic E-state index is 0.0155. The third-order valence-electron chi connectivity index (χ3n) is 13.0. The van der Waals surface area contributed by atoms with E-state index in [0.717, 1.165) is 76.2 Å². The summed E-state index contributed by atoms with van der Waals surface area (Å²) in [6, 6.07) is 5.89. The fourth-order valence-electron chi connectivity index (χ4n) is 9.55. The summed E-state index contributed by atoms with van der Waals surface area (Å²) in [4.78, 5) is 42.1. The summed E-state index contributed by atoms with van der Waals surface area (Å²) in [5.41, 5.74) is 6.98. The van der Waals surface area contributed by atoms with Gasteiger partial charge in [0.2, 0.25) is 11.8 Å². The van der Waals surface area contributed by atoms with E-state index >= 15 is 0 Å². The zero-order chi connectivity index (χ0) is 44.6. The van der Waals surface area contributed by atoms with E-state index in [9.17, 15) is 33.0 Å². The Balaban J connectivity index is 0.866. The molecule has 1 aromatic heterocycles. The lowest BCUT2D eigenvalue weighted by molar-refractivity contribution is -0.149. The molecule has 0 saturated carbocycles. The van der Waals surface area contributed by atoms with Gasteiger partial charge in [-0.3, -0.25) is 19.8 Å². The maximum Gasteiger partial charge on any atom is 0.416 e. The molecule has 0 bridgehead atoms. The number of allylic oxidation sites excluding steroid dienone is 1. The Morgan fingerprint density at radius 2 is 1.68 bits per heavy atom. The van der Waals surface area contributed by atoms with Crippen LogP contribution in [0, 0.1) is 24.7 Å². The number of aromatic nitrogens is 2. The van der Waals surface area contributed by atoms with Crippen LogP contribution in [-0.4, -0.2) is 124 Å². The quantitative estimate of drug-likeness (QED) is 0.0901. The van der Waals surface area contributed by atoms with Crippen LogP contribution in [0.2, 0.25) is 0 Å². The SMILES string of the molecule is COCCOc1cc2c(N[C@H](C)c3cc(N)cc(C(F)(F)F)c3)nc(C)nc2cc1OC1CCN(CC2CCN(C3=CC4C(=O)N(C5CCC(O)NC5O)C(=O)C4C=C3)CC2)CC1. The maximum atomic E-state index is 13.6. The van der Waals surface area contributed by atoms with Crippen molar-refractivity contribution in [1.29, 1.82) is 0 Å². The molecule has 4 fully saturated rings. The van der Waals surface area contributed by atoms with E-state index < -0.39 is 48.1 Å². The number of anilines is 2. The number of rotatable bonds is 13. The molecule has 6 atom stereocenters. The number of hydrogen-bond donors (Lipinski definition) is 5. The maximum absolute atomic E-state index is 13.6. The molecule has 18 heteroatoms. The highest BCUT2D eigenvalue weighted by Gasteiger charge is 2.51. The number of methoxy groups -OCH3 is 1. The first-order valence-corrected chi connectivity index (χ1v) is 21.9. The lowest BCUT2D eigenvalue weighted by atomic mass is 9.88. The van der Waals surface area contributed by atoms with E-state index in [1.165, 1.54) is 11.0 Å². The number of nitrogen functional groups attached to an aromatic ring is 1. The molecule has 8 rings (SSSR count). The first kappa shape index (κ1) is 44.6. The van der Waals surface area contributed by atoms with Gasteiger partial charge in [0.15, 0.2) is 11.5 Å². The summed E-state index contributed by atoms with van der Waals surface area (Å²) in [5, 5.41) is 26.9. The Morgan fingerprint density at radius 1 is 0.937 bits per heavy atom. The number of hydrogen-bond acceptors (Lipinski definition) is 14. The highest BCUT2D eigenvalue weighted by atomic mass is 19.4. The van der Waals surface area contributed by atoms with Crippen LogP contribution in [0.1, 0.15) is 68.4 Å². The molecular formula is C45H57F3N8O7. The number of aliphatic hydroxyl groups excluding tert-OH is 2.